The number of rotatable bonds is 6. The molecule has 2 aromatic carbocycles. The second-order valence-corrected chi connectivity index (χ2v) is 7.27. The van der Waals surface area contributed by atoms with E-state index in [1.54, 1.807) is 36.4 Å². The molecule has 7 heteroatoms. The van der Waals surface area contributed by atoms with E-state index in [1.807, 2.05) is 13.2 Å². The van der Waals surface area contributed by atoms with Crippen LogP contribution in [-0.2, 0) is 10.0 Å². The molecule has 0 aromatic heterocycles. The minimum Gasteiger partial charge on any atom is -0.492 e. The van der Waals surface area contributed by atoms with Crippen molar-refractivity contribution in [2.45, 2.75) is 16.7 Å². The van der Waals surface area contributed by atoms with Gasteiger partial charge in [-0.3, -0.25) is 4.72 Å². The molecule has 0 heterocycles. The molecule has 0 amide bonds. The monoisotopic (exact) mass is 357 g/mol. The van der Waals surface area contributed by atoms with Gasteiger partial charge in [-0.2, -0.15) is 0 Å². The molecule has 1 N–H and O–H groups in total. The van der Waals surface area contributed by atoms with Gasteiger partial charge in [0.1, 0.15) is 10.6 Å². The molecular weight excluding hydrogens is 342 g/mol. The van der Waals surface area contributed by atoms with Crippen molar-refractivity contribution in [2.75, 3.05) is 17.6 Å². The van der Waals surface area contributed by atoms with Gasteiger partial charge in [0.05, 0.1) is 12.3 Å². The lowest BCUT2D eigenvalue weighted by molar-refractivity contribution is 0.342. The summed E-state index contributed by atoms with van der Waals surface area (Å²) in [6, 6.07) is 11.7. The highest BCUT2D eigenvalue weighted by molar-refractivity contribution is 7.99. The smallest absolute Gasteiger partial charge is 0.263 e. The number of benzene rings is 2. The molecule has 0 spiro atoms. The van der Waals surface area contributed by atoms with Crippen LogP contribution >= 0.6 is 23.4 Å². The zero-order chi connectivity index (χ0) is 16.2. The summed E-state index contributed by atoms with van der Waals surface area (Å²) in [4.78, 5) is 0.782. The third-order valence-electron chi connectivity index (χ3n) is 2.85. The minimum atomic E-state index is -3.75. The maximum atomic E-state index is 12.7. The highest BCUT2D eigenvalue weighted by Gasteiger charge is 2.20. The molecule has 0 atom stereocenters. The molecule has 2 rings (SSSR count). The third-order valence-corrected chi connectivity index (χ3v) is 5.41. The maximum Gasteiger partial charge on any atom is 0.263 e. The predicted octanol–water partition coefficient (Wildman–Crippen LogP) is 4.26. The summed E-state index contributed by atoms with van der Waals surface area (Å²) in [6.07, 6.45) is 1.82. The van der Waals surface area contributed by atoms with Gasteiger partial charge in [0.2, 0.25) is 0 Å². The summed E-state index contributed by atoms with van der Waals surface area (Å²) in [6.45, 7) is 2.29. The van der Waals surface area contributed by atoms with Crippen LogP contribution in [0.4, 0.5) is 5.69 Å². The molecular formula is C15H16ClNO3S2. The number of sulfonamides is 1. The molecule has 0 unspecified atom stereocenters. The van der Waals surface area contributed by atoms with Gasteiger partial charge in [-0.1, -0.05) is 23.7 Å². The summed E-state index contributed by atoms with van der Waals surface area (Å²) in [5.41, 5.74) is 0.399. The average molecular weight is 358 g/mol. The summed E-state index contributed by atoms with van der Waals surface area (Å²) in [5, 5.41) is 0.372. The van der Waals surface area contributed by atoms with E-state index in [2.05, 4.69) is 4.72 Å². The Morgan fingerprint density at radius 3 is 2.64 bits per heavy atom. The summed E-state index contributed by atoms with van der Waals surface area (Å²) < 4.78 is 33.3. The topological polar surface area (TPSA) is 55.4 Å². The van der Waals surface area contributed by atoms with Crippen LogP contribution in [0.15, 0.2) is 52.3 Å². The van der Waals surface area contributed by atoms with Crippen molar-refractivity contribution in [3.05, 3.63) is 47.5 Å². The summed E-state index contributed by atoms with van der Waals surface area (Å²) in [5.74, 6) is 0.487. The van der Waals surface area contributed by atoms with Gasteiger partial charge in [-0.05, 0) is 43.5 Å². The van der Waals surface area contributed by atoms with Crippen LogP contribution < -0.4 is 9.46 Å². The molecule has 0 saturated carbocycles. The highest BCUT2D eigenvalue weighted by Crippen LogP contribution is 2.31. The number of thioether (sulfide) groups is 1. The Balaban J connectivity index is 2.43. The van der Waals surface area contributed by atoms with Crippen molar-refractivity contribution in [1.29, 1.82) is 0 Å². The van der Waals surface area contributed by atoms with Gasteiger partial charge in [0.25, 0.3) is 10.0 Å². The Morgan fingerprint density at radius 2 is 1.95 bits per heavy atom. The fourth-order valence-corrected chi connectivity index (χ4v) is 4.36. The molecule has 0 bridgehead atoms. The summed E-state index contributed by atoms with van der Waals surface area (Å²) in [7, 11) is -3.75. The van der Waals surface area contributed by atoms with Gasteiger partial charge in [-0.15, -0.1) is 11.8 Å². The fourth-order valence-electron chi connectivity index (χ4n) is 1.89. The lowest BCUT2D eigenvalue weighted by atomic mass is 10.3. The zero-order valence-electron chi connectivity index (χ0n) is 12.2. The van der Waals surface area contributed by atoms with Crippen molar-refractivity contribution >= 4 is 39.1 Å². The summed E-state index contributed by atoms with van der Waals surface area (Å²) >= 11 is 7.28. The van der Waals surface area contributed by atoms with Crippen molar-refractivity contribution in [1.82, 2.24) is 0 Å². The number of nitrogens with one attached hydrogen (secondary N) is 1. The number of para-hydroxylation sites is 2. The molecule has 22 heavy (non-hydrogen) atoms. The van der Waals surface area contributed by atoms with Crippen LogP contribution in [0.5, 0.6) is 5.75 Å². The fraction of sp³-hybridized carbons (Fsp3) is 0.200. The molecule has 2 aromatic rings. The molecule has 0 saturated heterocycles. The van der Waals surface area contributed by atoms with Gasteiger partial charge >= 0.3 is 0 Å². The van der Waals surface area contributed by atoms with Crippen molar-refractivity contribution < 1.29 is 13.2 Å². The predicted molar refractivity (Wildman–Crippen MR) is 91.7 cm³/mol. The Kier molecular flexibility index (Phi) is 5.61. The van der Waals surface area contributed by atoms with Crippen LogP contribution in [-0.4, -0.2) is 21.3 Å². The second-order valence-electron chi connectivity index (χ2n) is 4.33. The Labute approximate surface area is 139 Å². The molecule has 118 valence electrons. The van der Waals surface area contributed by atoms with Gasteiger partial charge in [0, 0.05) is 9.92 Å². The van der Waals surface area contributed by atoms with Gasteiger partial charge in [-0.25, -0.2) is 8.42 Å². The minimum absolute atomic E-state index is 0.152. The Hall–Kier alpha value is -1.37. The van der Waals surface area contributed by atoms with Gasteiger partial charge in [0.15, 0.2) is 0 Å². The van der Waals surface area contributed by atoms with Crippen molar-refractivity contribution in [3.8, 4) is 5.75 Å². The number of hydrogen-bond donors (Lipinski definition) is 1. The van der Waals surface area contributed by atoms with E-state index in [9.17, 15) is 8.42 Å². The van der Waals surface area contributed by atoms with E-state index in [1.165, 1.54) is 17.8 Å². The van der Waals surface area contributed by atoms with Crippen molar-refractivity contribution in [3.63, 3.8) is 0 Å². The Bertz CT molecular complexity index is 763. The van der Waals surface area contributed by atoms with Crippen LogP contribution in [0.2, 0.25) is 5.02 Å². The first-order valence-corrected chi connectivity index (χ1v) is 9.64. The molecule has 0 fully saturated rings. The number of hydrogen-bond acceptors (Lipinski definition) is 4. The standard InChI is InChI=1S/C15H16ClNO3S2/c1-3-20-13-7-5-4-6-12(13)17-22(18,19)15-10-11(16)8-9-14(15)21-2/h4-10,17H,3H2,1-2H3. The first-order chi connectivity index (χ1) is 10.5. The third kappa shape index (κ3) is 3.88. The zero-order valence-corrected chi connectivity index (χ0v) is 14.6. The molecule has 0 aliphatic carbocycles. The number of anilines is 1. The molecule has 4 nitrogen and oxygen atoms in total. The molecule has 0 aliphatic rings. The van der Waals surface area contributed by atoms with Crippen LogP contribution in [0.25, 0.3) is 0 Å². The first-order valence-electron chi connectivity index (χ1n) is 6.56. The van der Waals surface area contributed by atoms with E-state index in [-0.39, 0.29) is 4.90 Å². The van der Waals surface area contributed by atoms with Crippen LogP contribution in [0.1, 0.15) is 6.92 Å². The number of halogens is 1. The largest absolute Gasteiger partial charge is 0.492 e. The van der Waals surface area contributed by atoms with Gasteiger partial charge < -0.3 is 4.74 Å². The second kappa shape index (κ2) is 7.26. The van der Waals surface area contributed by atoms with E-state index in [0.29, 0.717) is 28.0 Å². The SMILES string of the molecule is CCOc1ccccc1NS(=O)(=O)c1cc(Cl)ccc1SC. The average Bonchev–Trinajstić information content (AvgIpc) is 2.49. The van der Waals surface area contributed by atoms with E-state index in [0.717, 1.165) is 0 Å². The molecule has 0 aliphatic heterocycles. The normalized spacial score (nSPS) is 11.2. The molecule has 0 radical (unpaired) electrons. The lowest BCUT2D eigenvalue weighted by Gasteiger charge is -2.14. The maximum absolute atomic E-state index is 12.7. The van der Waals surface area contributed by atoms with E-state index < -0.39 is 10.0 Å². The lowest BCUT2D eigenvalue weighted by Crippen LogP contribution is -2.14. The van der Waals surface area contributed by atoms with Crippen molar-refractivity contribution in [2.24, 2.45) is 0 Å². The van der Waals surface area contributed by atoms with E-state index >= 15 is 0 Å². The number of ether oxygens (including phenoxy) is 1. The van der Waals surface area contributed by atoms with Crippen LogP contribution in [0.3, 0.4) is 0 Å². The van der Waals surface area contributed by atoms with E-state index in [4.69, 9.17) is 16.3 Å². The highest BCUT2D eigenvalue weighted by atomic mass is 35.5. The first kappa shape index (κ1) is 17.0. The van der Waals surface area contributed by atoms with Crippen LogP contribution in [0, 0.1) is 0 Å². The Morgan fingerprint density at radius 1 is 1.23 bits per heavy atom. The quantitative estimate of drug-likeness (QED) is 0.785.